The molecule has 11 heteroatoms. The maximum atomic E-state index is 12.3. The fourth-order valence-corrected chi connectivity index (χ4v) is 3.60. The summed E-state index contributed by atoms with van der Waals surface area (Å²) in [6.45, 7) is 0. The maximum Gasteiger partial charge on any atom is 0.573 e. The molecule has 31 heavy (non-hydrogen) atoms. The highest BCUT2D eigenvalue weighted by molar-refractivity contribution is 7.90. The van der Waals surface area contributed by atoms with E-state index in [9.17, 15) is 21.6 Å². The molecule has 7 nitrogen and oxygen atoms in total. The third-order valence-corrected chi connectivity index (χ3v) is 5.37. The van der Waals surface area contributed by atoms with Crippen LogP contribution in [0.15, 0.2) is 71.6 Å². The summed E-state index contributed by atoms with van der Waals surface area (Å²) in [6, 6.07) is 16.9. The largest absolute Gasteiger partial charge is 0.573 e. The third-order valence-electron chi connectivity index (χ3n) is 4.26. The van der Waals surface area contributed by atoms with E-state index < -0.39 is 16.2 Å². The van der Waals surface area contributed by atoms with Gasteiger partial charge < -0.3 is 10.1 Å². The summed E-state index contributed by atoms with van der Waals surface area (Å²) in [5.74, 6) is -0.120. The second-order valence-electron chi connectivity index (χ2n) is 6.61. The van der Waals surface area contributed by atoms with Crippen molar-refractivity contribution in [3.63, 3.8) is 0 Å². The number of anilines is 2. The number of rotatable bonds is 5. The fraction of sp³-hybridized carbons (Fsp3) is 0.100. The number of alkyl halides is 3. The topological polar surface area (TPSA) is 85.6 Å². The number of aromatic nitrogens is 3. The molecule has 0 bridgehead atoms. The van der Waals surface area contributed by atoms with Crippen molar-refractivity contribution in [1.29, 1.82) is 0 Å². The summed E-state index contributed by atoms with van der Waals surface area (Å²) < 4.78 is 66.0. The highest BCUT2D eigenvalue weighted by atomic mass is 32.2. The van der Waals surface area contributed by atoms with Gasteiger partial charge in [-0.1, -0.05) is 18.2 Å². The molecule has 0 aliphatic rings. The van der Waals surface area contributed by atoms with E-state index in [1.54, 1.807) is 40.9 Å². The lowest BCUT2D eigenvalue weighted by Crippen LogP contribution is -2.16. The first-order chi connectivity index (χ1) is 14.6. The first-order valence-corrected chi connectivity index (χ1v) is 10.8. The smallest absolute Gasteiger partial charge is 0.406 e. The number of nitrogens with zero attached hydrogens (tertiary/aromatic N) is 3. The maximum absolute atomic E-state index is 12.3. The third kappa shape index (κ3) is 4.77. The Morgan fingerprint density at radius 3 is 2.39 bits per heavy atom. The van der Waals surface area contributed by atoms with Gasteiger partial charge in [-0.25, -0.2) is 12.9 Å². The number of fused-ring (bicyclic) bond motifs is 1. The molecule has 0 unspecified atom stereocenters. The molecule has 0 fully saturated rings. The summed E-state index contributed by atoms with van der Waals surface area (Å²) in [6.07, 6.45) is -3.63. The van der Waals surface area contributed by atoms with Crippen molar-refractivity contribution in [3.05, 3.63) is 66.7 Å². The van der Waals surface area contributed by atoms with E-state index in [0.29, 0.717) is 22.6 Å². The van der Waals surface area contributed by atoms with Crippen LogP contribution in [0.5, 0.6) is 5.75 Å². The van der Waals surface area contributed by atoms with Crippen LogP contribution in [0.25, 0.3) is 16.9 Å². The number of nitrogens with one attached hydrogen (secondary N) is 1. The molecule has 4 aromatic rings. The Labute approximate surface area is 175 Å². The highest BCUT2D eigenvalue weighted by Crippen LogP contribution is 2.26. The van der Waals surface area contributed by atoms with E-state index in [4.69, 9.17) is 0 Å². The van der Waals surface area contributed by atoms with Crippen LogP contribution in [-0.2, 0) is 9.84 Å². The van der Waals surface area contributed by atoms with Gasteiger partial charge in [0.05, 0.1) is 10.6 Å². The van der Waals surface area contributed by atoms with Crippen LogP contribution >= 0.6 is 0 Å². The van der Waals surface area contributed by atoms with Gasteiger partial charge in [-0.05, 0) is 48.5 Å². The lowest BCUT2D eigenvalue weighted by atomic mass is 10.1. The van der Waals surface area contributed by atoms with Crippen molar-refractivity contribution in [2.75, 3.05) is 11.6 Å². The zero-order valence-corrected chi connectivity index (χ0v) is 16.8. The van der Waals surface area contributed by atoms with Crippen LogP contribution < -0.4 is 10.1 Å². The molecule has 2 aromatic carbocycles. The van der Waals surface area contributed by atoms with Gasteiger partial charge in [0.2, 0.25) is 5.95 Å². The quantitative estimate of drug-likeness (QED) is 0.486. The Hall–Kier alpha value is -3.60. The molecule has 1 N–H and O–H groups in total. The fourth-order valence-electron chi connectivity index (χ4n) is 2.93. The summed E-state index contributed by atoms with van der Waals surface area (Å²) in [5.41, 5.74) is 2.23. The predicted molar refractivity (Wildman–Crippen MR) is 108 cm³/mol. The van der Waals surface area contributed by atoms with E-state index in [0.717, 1.165) is 6.26 Å². The number of hydrogen-bond acceptors (Lipinski definition) is 6. The highest BCUT2D eigenvalue weighted by Gasteiger charge is 2.30. The van der Waals surface area contributed by atoms with E-state index in [1.807, 2.05) is 0 Å². The standard InChI is InChI=1S/C20H15F3N4O3S/c1-31(28,29)16-5-2-4-13(12-16)17-6-3-7-18-25-19(26-27(17)18)24-14-8-10-15(11-9-14)30-20(21,22)23/h2-12H,1H3,(H,24,26). The van der Waals surface area contributed by atoms with Gasteiger partial charge in [-0.15, -0.1) is 18.3 Å². The molecule has 2 heterocycles. The van der Waals surface area contributed by atoms with Crippen LogP contribution in [-0.4, -0.2) is 35.6 Å². The van der Waals surface area contributed by atoms with Crippen molar-refractivity contribution in [3.8, 4) is 17.0 Å². The monoisotopic (exact) mass is 448 g/mol. The molecule has 0 saturated carbocycles. The Balaban J connectivity index is 1.64. The van der Waals surface area contributed by atoms with Crippen LogP contribution in [0, 0.1) is 0 Å². The van der Waals surface area contributed by atoms with Crippen molar-refractivity contribution in [1.82, 2.24) is 14.6 Å². The first-order valence-electron chi connectivity index (χ1n) is 8.88. The second kappa shape index (κ2) is 7.58. The molecule has 0 amide bonds. The molecule has 2 aromatic heterocycles. The summed E-state index contributed by atoms with van der Waals surface area (Å²) in [5, 5.41) is 7.31. The van der Waals surface area contributed by atoms with Gasteiger partial charge in [0, 0.05) is 17.5 Å². The van der Waals surface area contributed by atoms with Crippen LogP contribution in [0.4, 0.5) is 24.8 Å². The van der Waals surface area contributed by atoms with Crippen LogP contribution in [0.3, 0.4) is 0 Å². The number of sulfone groups is 1. The minimum atomic E-state index is -4.76. The van der Waals surface area contributed by atoms with Gasteiger partial charge in [0.15, 0.2) is 15.5 Å². The minimum absolute atomic E-state index is 0.182. The molecular weight excluding hydrogens is 433 g/mol. The summed E-state index contributed by atoms with van der Waals surface area (Å²) in [4.78, 5) is 4.54. The SMILES string of the molecule is CS(=O)(=O)c1cccc(-c2cccc3nc(Nc4ccc(OC(F)(F)F)cc4)nn23)c1. The van der Waals surface area contributed by atoms with E-state index >= 15 is 0 Å². The molecule has 4 rings (SSSR count). The minimum Gasteiger partial charge on any atom is -0.406 e. The Kier molecular flexibility index (Phi) is 5.05. The van der Waals surface area contributed by atoms with Gasteiger partial charge in [-0.2, -0.15) is 4.98 Å². The van der Waals surface area contributed by atoms with Gasteiger partial charge in [0.25, 0.3) is 0 Å². The molecule has 160 valence electrons. The lowest BCUT2D eigenvalue weighted by molar-refractivity contribution is -0.274. The van der Waals surface area contributed by atoms with Gasteiger partial charge >= 0.3 is 6.36 Å². The average molecular weight is 448 g/mol. The predicted octanol–water partition coefficient (Wildman–Crippen LogP) is 4.44. The molecule has 0 saturated heterocycles. The zero-order chi connectivity index (χ0) is 22.2. The Morgan fingerprint density at radius 1 is 1.00 bits per heavy atom. The first kappa shape index (κ1) is 20.7. The number of ether oxygens (including phenoxy) is 1. The molecule has 0 aliphatic carbocycles. The lowest BCUT2D eigenvalue weighted by Gasteiger charge is -2.09. The molecule has 0 spiro atoms. The molecule has 0 radical (unpaired) electrons. The normalized spacial score (nSPS) is 12.1. The Morgan fingerprint density at radius 2 is 1.71 bits per heavy atom. The summed E-state index contributed by atoms with van der Waals surface area (Å²) in [7, 11) is -3.38. The van der Waals surface area contributed by atoms with Crippen LogP contribution in [0.2, 0.25) is 0 Å². The number of hydrogen-bond donors (Lipinski definition) is 1. The molecular formula is C20H15F3N4O3S. The van der Waals surface area contributed by atoms with E-state index in [-0.39, 0.29) is 16.6 Å². The second-order valence-corrected chi connectivity index (χ2v) is 8.63. The van der Waals surface area contributed by atoms with E-state index in [1.165, 1.54) is 30.3 Å². The van der Waals surface area contributed by atoms with Crippen molar-refractivity contribution >= 4 is 27.1 Å². The average Bonchev–Trinajstić information content (AvgIpc) is 3.10. The van der Waals surface area contributed by atoms with Crippen molar-refractivity contribution < 1.29 is 26.3 Å². The number of pyridine rings is 1. The Bertz CT molecular complexity index is 1350. The molecule has 0 atom stereocenters. The zero-order valence-electron chi connectivity index (χ0n) is 16.0. The summed E-state index contributed by atoms with van der Waals surface area (Å²) >= 11 is 0. The van der Waals surface area contributed by atoms with Crippen LogP contribution in [0.1, 0.15) is 0 Å². The number of benzene rings is 2. The van der Waals surface area contributed by atoms with Crippen molar-refractivity contribution in [2.24, 2.45) is 0 Å². The van der Waals surface area contributed by atoms with Gasteiger partial charge in [-0.3, -0.25) is 0 Å². The molecule has 0 aliphatic heterocycles. The van der Waals surface area contributed by atoms with Gasteiger partial charge in [0.1, 0.15) is 5.75 Å². The van der Waals surface area contributed by atoms with E-state index in [2.05, 4.69) is 20.1 Å². The van der Waals surface area contributed by atoms with Crippen molar-refractivity contribution in [2.45, 2.75) is 11.3 Å². The number of halogens is 3.